The molecule has 4 nitrogen and oxygen atoms in total. The molecule has 0 radical (unpaired) electrons. The molecule has 0 unspecified atom stereocenters. The number of anilines is 1. The van der Waals surface area contributed by atoms with E-state index in [0.717, 1.165) is 19.3 Å². The van der Waals surface area contributed by atoms with Crippen molar-refractivity contribution in [1.29, 1.82) is 0 Å². The van der Waals surface area contributed by atoms with Gasteiger partial charge in [0.2, 0.25) is 0 Å². The van der Waals surface area contributed by atoms with Crippen LogP contribution >= 0.6 is 0 Å². The van der Waals surface area contributed by atoms with E-state index in [1.165, 1.54) is 4.52 Å². The Morgan fingerprint density at radius 2 is 2.31 bits per heavy atom. The summed E-state index contributed by atoms with van der Waals surface area (Å²) < 4.78 is 15.6. The number of hydrogen-bond donors (Lipinski definition) is 1. The van der Waals surface area contributed by atoms with Crippen molar-refractivity contribution in [2.75, 3.05) is 5.73 Å². The molecule has 16 heavy (non-hydrogen) atoms. The molecule has 1 saturated carbocycles. The van der Waals surface area contributed by atoms with Crippen molar-refractivity contribution < 1.29 is 4.39 Å². The lowest BCUT2D eigenvalue weighted by Gasteiger charge is -2.28. The third kappa shape index (κ3) is 1.35. The van der Waals surface area contributed by atoms with E-state index in [1.54, 1.807) is 18.3 Å². The first-order valence-electron chi connectivity index (χ1n) is 5.50. The van der Waals surface area contributed by atoms with Crippen LogP contribution in [-0.2, 0) is 0 Å². The summed E-state index contributed by atoms with van der Waals surface area (Å²) in [5.74, 6) is 0.559. The van der Waals surface area contributed by atoms with Crippen LogP contribution in [0.2, 0.25) is 0 Å². The molecule has 2 N–H and O–H groups in total. The summed E-state index contributed by atoms with van der Waals surface area (Å²) in [5.41, 5.74) is 6.84. The van der Waals surface area contributed by atoms with E-state index in [-0.39, 0.29) is 5.92 Å². The molecule has 0 saturated heterocycles. The highest BCUT2D eigenvalue weighted by molar-refractivity contribution is 5.46. The molecule has 84 valence electrons. The highest BCUT2D eigenvalue weighted by Gasteiger charge is 2.29. The Balaban J connectivity index is 2.02. The lowest BCUT2D eigenvalue weighted by molar-refractivity contribution is 0.146. The Morgan fingerprint density at radius 1 is 1.50 bits per heavy atom. The van der Waals surface area contributed by atoms with Gasteiger partial charge in [-0.25, -0.2) is 9.37 Å². The highest BCUT2D eigenvalue weighted by Crippen LogP contribution is 2.39. The number of rotatable bonds is 2. The molecule has 2 aromatic heterocycles. The van der Waals surface area contributed by atoms with Crippen LogP contribution in [0.25, 0.3) is 5.65 Å². The maximum atomic E-state index is 14.0. The lowest BCUT2D eigenvalue weighted by Crippen LogP contribution is -2.18. The molecule has 1 aliphatic rings. The summed E-state index contributed by atoms with van der Waals surface area (Å²) in [4.78, 5) is 4.24. The second kappa shape index (κ2) is 3.43. The van der Waals surface area contributed by atoms with Crippen LogP contribution in [0.4, 0.5) is 10.2 Å². The summed E-state index contributed by atoms with van der Waals surface area (Å²) in [6, 6.07) is 3.32. The van der Waals surface area contributed by atoms with Gasteiger partial charge in [0, 0.05) is 12.1 Å². The minimum Gasteiger partial charge on any atom is -0.384 e. The fourth-order valence-corrected chi connectivity index (χ4v) is 2.07. The largest absolute Gasteiger partial charge is 0.384 e. The molecule has 5 heteroatoms. The number of hydrogen-bond acceptors (Lipinski definition) is 3. The maximum absolute atomic E-state index is 14.0. The minimum absolute atomic E-state index is 0.122. The van der Waals surface area contributed by atoms with Crippen molar-refractivity contribution >= 4 is 11.5 Å². The third-order valence-corrected chi connectivity index (χ3v) is 3.25. The average Bonchev–Trinajstić information content (AvgIpc) is 2.63. The molecule has 2 heterocycles. The molecule has 0 amide bonds. The molecule has 2 aromatic rings. The Bertz CT molecular complexity index is 518. The van der Waals surface area contributed by atoms with Crippen LogP contribution < -0.4 is 5.73 Å². The average molecular weight is 220 g/mol. The predicted octanol–water partition coefficient (Wildman–Crippen LogP) is 2.12. The number of fused-ring (bicyclic) bond motifs is 1. The van der Waals surface area contributed by atoms with E-state index >= 15 is 0 Å². The van der Waals surface area contributed by atoms with Gasteiger partial charge in [0.25, 0.3) is 0 Å². The predicted molar refractivity (Wildman–Crippen MR) is 58.6 cm³/mol. The van der Waals surface area contributed by atoms with Gasteiger partial charge in [0.1, 0.15) is 12.0 Å². The van der Waals surface area contributed by atoms with Crippen molar-refractivity contribution in [3.05, 3.63) is 24.0 Å². The third-order valence-electron chi connectivity index (χ3n) is 3.25. The maximum Gasteiger partial charge on any atom is 0.157 e. The van der Waals surface area contributed by atoms with Gasteiger partial charge in [-0.05, 0) is 18.8 Å². The van der Waals surface area contributed by atoms with Crippen molar-refractivity contribution in [2.24, 2.45) is 5.92 Å². The first-order valence-corrected chi connectivity index (χ1v) is 5.50. The number of halogens is 1. The van der Waals surface area contributed by atoms with Crippen LogP contribution in [0.3, 0.4) is 0 Å². The van der Waals surface area contributed by atoms with Gasteiger partial charge in [0.05, 0.1) is 11.9 Å². The molecule has 1 fully saturated rings. The van der Waals surface area contributed by atoms with Crippen LogP contribution in [0.15, 0.2) is 18.3 Å². The van der Waals surface area contributed by atoms with E-state index in [4.69, 9.17) is 5.73 Å². The number of nitrogens with two attached hydrogens (primary N) is 1. The summed E-state index contributed by atoms with van der Waals surface area (Å²) in [6.07, 6.45) is 3.64. The summed E-state index contributed by atoms with van der Waals surface area (Å²) >= 11 is 0. The molecular weight excluding hydrogens is 207 g/mol. The van der Waals surface area contributed by atoms with Crippen LogP contribution in [0.1, 0.15) is 31.1 Å². The standard InChI is InChI=1S/C11H13FN4/c12-11(7-2-1-3-7)8-6-9(13)16-10(15-8)4-5-14-16/h4-7,11H,1-3,13H2/t11-/m1/s1. The topological polar surface area (TPSA) is 56.2 Å². The first-order chi connectivity index (χ1) is 7.75. The number of nitrogen functional groups attached to an aromatic ring is 1. The van der Waals surface area contributed by atoms with E-state index in [2.05, 4.69) is 10.1 Å². The number of nitrogens with zero attached hydrogens (tertiary/aromatic N) is 3. The van der Waals surface area contributed by atoms with Gasteiger partial charge < -0.3 is 5.73 Å². The second-order valence-corrected chi connectivity index (χ2v) is 4.30. The molecule has 0 spiro atoms. The van der Waals surface area contributed by atoms with Gasteiger partial charge in [-0.2, -0.15) is 9.61 Å². The van der Waals surface area contributed by atoms with E-state index in [9.17, 15) is 4.39 Å². The molecule has 0 aliphatic heterocycles. The molecule has 0 aromatic carbocycles. The summed E-state index contributed by atoms with van der Waals surface area (Å²) in [7, 11) is 0. The van der Waals surface area contributed by atoms with Crippen molar-refractivity contribution in [3.63, 3.8) is 0 Å². The summed E-state index contributed by atoms with van der Waals surface area (Å²) in [5, 5.41) is 4.00. The highest BCUT2D eigenvalue weighted by atomic mass is 19.1. The normalized spacial score (nSPS) is 18.6. The number of alkyl halides is 1. The lowest BCUT2D eigenvalue weighted by atomic mass is 9.81. The molecular formula is C11H13FN4. The van der Waals surface area contributed by atoms with E-state index in [1.807, 2.05) is 0 Å². The first kappa shape index (κ1) is 9.57. The quantitative estimate of drug-likeness (QED) is 0.843. The van der Waals surface area contributed by atoms with Gasteiger partial charge in [0.15, 0.2) is 5.65 Å². The molecule has 0 bridgehead atoms. The van der Waals surface area contributed by atoms with Crippen LogP contribution in [0, 0.1) is 5.92 Å². The summed E-state index contributed by atoms with van der Waals surface area (Å²) in [6.45, 7) is 0. The molecule has 1 aliphatic carbocycles. The monoisotopic (exact) mass is 220 g/mol. The van der Waals surface area contributed by atoms with Gasteiger partial charge >= 0.3 is 0 Å². The van der Waals surface area contributed by atoms with E-state index < -0.39 is 6.17 Å². The molecule has 3 rings (SSSR count). The van der Waals surface area contributed by atoms with Gasteiger partial charge in [-0.1, -0.05) is 6.42 Å². The fourth-order valence-electron chi connectivity index (χ4n) is 2.07. The van der Waals surface area contributed by atoms with Crippen LogP contribution in [0.5, 0.6) is 0 Å². The smallest absolute Gasteiger partial charge is 0.157 e. The Labute approximate surface area is 92.3 Å². The van der Waals surface area contributed by atoms with E-state index in [0.29, 0.717) is 17.2 Å². The molecule has 1 atom stereocenters. The fraction of sp³-hybridized carbons (Fsp3) is 0.455. The Hall–Kier alpha value is -1.65. The van der Waals surface area contributed by atoms with Gasteiger partial charge in [-0.15, -0.1) is 0 Å². The zero-order valence-electron chi connectivity index (χ0n) is 8.81. The van der Waals surface area contributed by atoms with Crippen molar-refractivity contribution in [2.45, 2.75) is 25.4 Å². The SMILES string of the molecule is Nc1cc([C@H](F)C2CCC2)nc2ccnn12. The number of aromatic nitrogens is 3. The Morgan fingerprint density at radius 3 is 3.00 bits per heavy atom. The Kier molecular flexibility index (Phi) is 2.05. The van der Waals surface area contributed by atoms with Crippen molar-refractivity contribution in [1.82, 2.24) is 14.6 Å². The van der Waals surface area contributed by atoms with Gasteiger partial charge in [-0.3, -0.25) is 0 Å². The minimum atomic E-state index is -0.990. The zero-order chi connectivity index (χ0) is 11.1. The zero-order valence-corrected chi connectivity index (χ0v) is 8.81. The van der Waals surface area contributed by atoms with Crippen LogP contribution in [-0.4, -0.2) is 14.6 Å². The van der Waals surface area contributed by atoms with Crippen molar-refractivity contribution in [3.8, 4) is 0 Å². The second-order valence-electron chi connectivity index (χ2n) is 4.30.